The first-order valence-corrected chi connectivity index (χ1v) is 14.2. The number of hydrogen-bond acceptors (Lipinski definition) is 9. The van der Waals surface area contributed by atoms with Gasteiger partial charge in [0.05, 0.1) is 19.4 Å². The van der Waals surface area contributed by atoms with Crippen LogP contribution < -0.4 is 10.4 Å². The van der Waals surface area contributed by atoms with Crippen molar-refractivity contribution in [2.45, 2.75) is 45.5 Å². The molecule has 11 nitrogen and oxygen atoms in total. The van der Waals surface area contributed by atoms with Crippen molar-refractivity contribution >= 4 is 29.3 Å². The lowest BCUT2D eigenvalue weighted by atomic mass is 10.0. The molecule has 1 amide bonds. The standard InChI is InChI=1S/C26H34ClN7O2.C2HF3O2/c1-19(2)17-34(25-23(27)16-29-24(15-28)30-25)31-26(35)21-5-3-4-20(14-21)18-32-8-6-22(7-9-32)33-10-12-36-13-11-33;3-2(4,5)1(6)7/h3-5,14,16,19,22H,6-13,17-18H2,1-2H3,(H,31,35);(H,6,7). The SMILES string of the molecule is CC(C)CN(NC(=O)c1cccc(CN2CCC(N3CCOCC3)CC2)c1)c1nc(C#N)ncc1Cl.O=C(O)C(F)(F)F. The number of likely N-dealkylation sites (tertiary alicyclic amines) is 1. The number of amides is 1. The van der Waals surface area contributed by atoms with Gasteiger partial charge in [0, 0.05) is 37.8 Å². The van der Waals surface area contributed by atoms with Crippen molar-refractivity contribution in [1.29, 1.82) is 5.26 Å². The number of carboxylic acid groups (broad SMARTS) is 1. The number of rotatable bonds is 8. The Morgan fingerprint density at radius 1 is 1.23 bits per heavy atom. The Kier molecular flexibility index (Phi) is 12.5. The zero-order chi connectivity index (χ0) is 31.6. The molecule has 43 heavy (non-hydrogen) atoms. The summed E-state index contributed by atoms with van der Waals surface area (Å²) in [6, 6.07) is 10.3. The Labute approximate surface area is 253 Å². The van der Waals surface area contributed by atoms with Crippen LogP contribution in [0.3, 0.4) is 0 Å². The van der Waals surface area contributed by atoms with Gasteiger partial charge in [0.25, 0.3) is 5.91 Å². The zero-order valence-electron chi connectivity index (χ0n) is 24.0. The van der Waals surface area contributed by atoms with E-state index in [9.17, 15) is 23.2 Å². The summed E-state index contributed by atoms with van der Waals surface area (Å²) in [7, 11) is 0. The Hall–Kier alpha value is -3.51. The Morgan fingerprint density at radius 2 is 1.88 bits per heavy atom. The molecule has 234 valence electrons. The number of nitrogens with zero attached hydrogens (tertiary/aromatic N) is 6. The number of morpholine rings is 1. The highest BCUT2D eigenvalue weighted by molar-refractivity contribution is 6.32. The molecule has 2 saturated heterocycles. The van der Waals surface area contributed by atoms with Crippen molar-refractivity contribution in [1.82, 2.24) is 25.2 Å². The van der Waals surface area contributed by atoms with E-state index in [2.05, 4.69) is 31.3 Å². The van der Waals surface area contributed by atoms with Crippen LogP contribution >= 0.6 is 11.6 Å². The number of anilines is 1. The van der Waals surface area contributed by atoms with Crippen LogP contribution in [0.15, 0.2) is 30.5 Å². The van der Waals surface area contributed by atoms with E-state index in [1.165, 1.54) is 6.20 Å². The molecule has 15 heteroatoms. The summed E-state index contributed by atoms with van der Waals surface area (Å²) in [6.07, 6.45) is -1.38. The highest BCUT2D eigenvalue weighted by Gasteiger charge is 2.38. The maximum atomic E-state index is 13.2. The molecule has 0 unspecified atom stereocenters. The van der Waals surface area contributed by atoms with Crippen molar-refractivity contribution in [3.63, 3.8) is 0 Å². The number of ether oxygens (including phenoxy) is 1. The zero-order valence-corrected chi connectivity index (χ0v) is 24.7. The second kappa shape index (κ2) is 15.8. The van der Waals surface area contributed by atoms with E-state index in [1.807, 2.05) is 32.0 Å². The summed E-state index contributed by atoms with van der Waals surface area (Å²) in [4.78, 5) is 35.2. The number of piperidine rings is 1. The highest BCUT2D eigenvalue weighted by Crippen LogP contribution is 2.23. The number of alkyl halides is 3. The molecule has 0 saturated carbocycles. The number of aromatic nitrogens is 2. The number of halogens is 4. The molecule has 3 heterocycles. The molecule has 2 aliphatic rings. The normalized spacial score (nSPS) is 16.6. The molecule has 1 aromatic carbocycles. The molecule has 2 aliphatic heterocycles. The average molecular weight is 626 g/mol. The summed E-state index contributed by atoms with van der Waals surface area (Å²) in [6.45, 7) is 11.2. The molecule has 4 rings (SSSR count). The number of benzene rings is 1. The largest absolute Gasteiger partial charge is 0.490 e. The summed E-state index contributed by atoms with van der Waals surface area (Å²) >= 11 is 6.31. The van der Waals surface area contributed by atoms with Crippen LogP contribution in [0.1, 0.15) is 48.4 Å². The Morgan fingerprint density at radius 3 is 2.47 bits per heavy atom. The molecule has 1 aromatic heterocycles. The van der Waals surface area contributed by atoms with Crippen LogP contribution in [0, 0.1) is 17.2 Å². The molecule has 2 aromatic rings. The fourth-order valence-corrected chi connectivity index (χ4v) is 4.99. The predicted octanol–water partition coefficient (Wildman–Crippen LogP) is 3.74. The predicted molar refractivity (Wildman–Crippen MR) is 152 cm³/mol. The van der Waals surface area contributed by atoms with Crippen LogP contribution in [0.25, 0.3) is 0 Å². The van der Waals surface area contributed by atoms with Crippen LogP contribution in [0.2, 0.25) is 5.02 Å². The van der Waals surface area contributed by atoms with E-state index < -0.39 is 12.1 Å². The van der Waals surface area contributed by atoms with Crippen LogP contribution in [0.4, 0.5) is 19.0 Å². The van der Waals surface area contributed by atoms with Crippen molar-refractivity contribution in [2.75, 3.05) is 50.9 Å². The minimum Gasteiger partial charge on any atom is -0.475 e. The van der Waals surface area contributed by atoms with E-state index in [0.29, 0.717) is 24.0 Å². The van der Waals surface area contributed by atoms with Gasteiger partial charge in [0.2, 0.25) is 5.82 Å². The Balaban J connectivity index is 0.000000646. The number of carboxylic acids is 1. The maximum Gasteiger partial charge on any atom is 0.490 e. The van der Waals surface area contributed by atoms with Crippen LogP contribution in [0.5, 0.6) is 0 Å². The third-order valence-corrected chi connectivity index (χ3v) is 7.09. The number of aliphatic carboxylic acids is 1. The van der Waals surface area contributed by atoms with E-state index >= 15 is 0 Å². The fraction of sp³-hybridized carbons (Fsp3) is 0.536. The molecular formula is C28H35ClF3N7O4. The lowest BCUT2D eigenvalue weighted by molar-refractivity contribution is -0.192. The van der Waals surface area contributed by atoms with Gasteiger partial charge in [-0.1, -0.05) is 37.6 Å². The van der Waals surface area contributed by atoms with Gasteiger partial charge in [-0.3, -0.25) is 25.0 Å². The number of carbonyl (C=O) groups is 2. The number of hydrogen-bond donors (Lipinski definition) is 2. The third-order valence-electron chi connectivity index (χ3n) is 6.82. The molecule has 0 atom stereocenters. The molecule has 2 fully saturated rings. The molecule has 0 spiro atoms. The van der Waals surface area contributed by atoms with Gasteiger partial charge >= 0.3 is 12.1 Å². The van der Waals surface area contributed by atoms with Gasteiger partial charge in [-0.05, 0) is 49.5 Å². The lowest BCUT2D eigenvalue weighted by Crippen LogP contribution is -2.48. The van der Waals surface area contributed by atoms with Crippen LogP contribution in [-0.4, -0.2) is 94.9 Å². The molecule has 2 N–H and O–H groups in total. The summed E-state index contributed by atoms with van der Waals surface area (Å²) in [5.74, 6) is -2.49. The highest BCUT2D eigenvalue weighted by atomic mass is 35.5. The summed E-state index contributed by atoms with van der Waals surface area (Å²) in [5.41, 5.74) is 4.60. The number of nitriles is 1. The lowest BCUT2D eigenvalue weighted by Gasteiger charge is -2.40. The minimum atomic E-state index is -5.08. The van der Waals surface area contributed by atoms with Gasteiger partial charge in [-0.2, -0.15) is 23.4 Å². The van der Waals surface area contributed by atoms with Crippen LogP contribution in [-0.2, 0) is 16.1 Å². The second-order valence-electron chi connectivity index (χ2n) is 10.6. The van der Waals surface area contributed by atoms with Crippen molar-refractivity contribution in [3.8, 4) is 6.07 Å². The number of carbonyl (C=O) groups excluding carboxylic acids is 1. The van der Waals surface area contributed by atoms with Gasteiger partial charge in [-0.25, -0.2) is 9.78 Å². The number of hydrazine groups is 1. The summed E-state index contributed by atoms with van der Waals surface area (Å²) < 4.78 is 37.2. The smallest absolute Gasteiger partial charge is 0.475 e. The van der Waals surface area contributed by atoms with Crippen molar-refractivity contribution in [2.24, 2.45) is 5.92 Å². The van der Waals surface area contributed by atoms with E-state index in [-0.39, 0.29) is 22.7 Å². The van der Waals surface area contributed by atoms with Crippen molar-refractivity contribution < 1.29 is 32.6 Å². The maximum absolute atomic E-state index is 13.2. The fourth-order valence-electron chi connectivity index (χ4n) is 4.79. The molecule has 0 radical (unpaired) electrons. The quantitative estimate of drug-likeness (QED) is 0.418. The monoisotopic (exact) mass is 625 g/mol. The van der Waals surface area contributed by atoms with Gasteiger partial charge < -0.3 is 9.84 Å². The minimum absolute atomic E-state index is 0.00297. The van der Waals surface area contributed by atoms with E-state index in [0.717, 1.165) is 64.3 Å². The first-order chi connectivity index (χ1) is 20.4. The van der Waals surface area contributed by atoms with Gasteiger partial charge in [0.15, 0.2) is 5.82 Å². The second-order valence-corrected chi connectivity index (χ2v) is 11.0. The first-order valence-electron chi connectivity index (χ1n) is 13.8. The van der Waals surface area contributed by atoms with E-state index in [4.69, 9.17) is 26.2 Å². The Bertz CT molecular complexity index is 1280. The topological polar surface area (TPSA) is 135 Å². The third kappa shape index (κ3) is 10.6. The van der Waals surface area contributed by atoms with Gasteiger partial charge in [0.1, 0.15) is 11.1 Å². The first kappa shape index (κ1) is 34.0. The summed E-state index contributed by atoms with van der Waals surface area (Å²) in [5, 5.41) is 18.2. The van der Waals surface area contributed by atoms with Gasteiger partial charge in [-0.15, -0.1) is 0 Å². The molecule has 0 bridgehead atoms. The average Bonchev–Trinajstić information content (AvgIpc) is 2.97. The molecule has 0 aliphatic carbocycles. The number of nitrogens with one attached hydrogen (secondary N) is 1. The van der Waals surface area contributed by atoms with E-state index in [1.54, 1.807) is 11.1 Å². The van der Waals surface area contributed by atoms with Crippen molar-refractivity contribution in [3.05, 3.63) is 52.4 Å². The molecular weight excluding hydrogens is 591 g/mol.